The van der Waals surface area contributed by atoms with Crippen LogP contribution in [0, 0.1) is 0 Å². The Kier molecular flexibility index (Phi) is 5.74. The van der Waals surface area contributed by atoms with Crippen LogP contribution in [0.25, 0.3) is 0 Å². The summed E-state index contributed by atoms with van der Waals surface area (Å²) in [5.74, 6) is 0.147. The molecule has 5 heteroatoms. The van der Waals surface area contributed by atoms with Gasteiger partial charge in [0, 0.05) is 44.0 Å². The van der Waals surface area contributed by atoms with Crippen LogP contribution >= 0.6 is 0 Å². The Morgan fingerprint density at radius 2 is 1.75 bits per heavy atom. The zero-order chi connectivity index (χ0) is 16.9. The van der Waals surface area contributed by atoms with Crippen LogP contribution in [0.5, 0.6) is 0 Å². The van der Waals surface area contributed by atoms with Gasteiger partial charge in [-0.25, -0.2) is 0 Å². The van der Waals surface area contributed by atoms with E-state index < -0.39 is 0 Å². The minimum absolute atomic E-state index is 0.147. The van der Waals surface area contributed by atoms with Gasteiger partial charge in [0.15, 0.2) is 0 Å². The molecule has 2 fully saturated rings. The van der Waals surface area contributed by atoms with Crippen molar-refractivity contribution in [2.24, 2.45) is 0 Å². The fraction of sp³-hybridized carbons (Fsp3) is 0.632. The maximum Gasteiger partial charge on any atom is 0.253 e. The number of likely N-dealkylation sites (N-methyl/N-ethyl adjacent to an activating group) is 1. The predicted octanol–water partition coefficient (Wildman–Crippen LogP) is 1.82. The van der Waals surface area contributed by atoms with Gasteiger partial charge in [0.05, 0.1) is 6.10 Å². The van der Waals surface area contributed by atoms with Crippen molar-refractivity contribution in [3.05, 3.63) is 29.8 Å². The van der Waals surface area contributed by atoms with Crippen molar-refractivity contribution in [3.63, 3.8) is 0 Å². The van der Waals surface area contributed by atoms with Gasteiger partial charge < -0.3 is 19.8 Å². The van der Waals surface area contributed by atoms with Crippen LogP contribution in [0.3, 0.4) is 0 Å². The fourth-order valence-corrected chi connectivity index (χ4v) is 3.61. The first kappa shape index (κ1) is 17.2. The first-order valence-electron chi connectivity index (χ1n) is 9.22. The van der Waals surface area contributed by atoms with Crippen molar-refractivity contribution in [1.82, 2.24) is 9.80 Å². The molecule has 24 heavy (non-hydrogen) atoms. The highest BCUT2D eigenvalue weighted by Crippen LogP contribution is 2.21. The summed E-state index contributed by atoms with van der Waals surface area (Å²) in [6.07, 6.45) is 2.53. The van der Waals surface area contributed by atoms with Crippen LogP contribution in [0.4, 0.5) is 5.69 Å². The van der Waals surface area contributed by atoms with E-state index in [9.17, 15) is 9.90 Å². The van der Waals surface area contributed by atoms with E-state index in [1.807, 2.05) is 29.2 Å². The summed E-state index contributed by atoms with van der Waals surface area (Å²) in [7, 11) is 0. The number of hydrogen-bond donors (Lipinski definition) is 1. The van der Waals surface area contributed by atoms with Crippen molar-refractivity contribution in [2.75, 3.05) is 50.7 Å². The summed E-state index contributed by atoms with van der Waals surface area (Å²) >= 11 is 0. The predicted molar refractivity (Wildman–Crippen MR) is 96.5 cm³/mol. The van der Waals surface area contributed by atoms with Crippen LogP contribution in [0.2, 0.25) is 0 Å². The molecule has 0 unspecified atom stereocenters. The Labute approximate surface area is 144 Å². The summed E-state index contributed by atoms with van der Waals surface area (Å²) in [6, 6.07) is 7.98. The molecule has 2 aliphatic rings. The number of amides is 1. The number of aliphatic hydroxyl groups is 1. The van der Waals surface area contributed by atoms with E-state index in [-0.39, 0.29) is 12.0 Å². The largest absolute Gasteiger partial charge is 0.393 e. The van der Waals surface area contributed by atoms with E-state index >= 15 is 0 Å². The van der Waals surface area contributed by atoms with Crippen LogP contribution in [0.15, 0.2) is 24.3 Å². The van der Waals surface area contributed by atoms with Crippen molar-refractivity contribution < 1.29 is 9.90 Å². The lowest BCUT2D eigenvalue weighted by Crippen LogP contribution is -2.36. The lowest BCUT2D eigenvalue weighted by atomic mass is 10.1. The van der Waals surface area contributed by atoms with Crippen LogP contribution in [-0.4, -0.2) is 72.7 Å². The van der Waals surface area contributed by atoms with Gasteiger partial charge >= 0.3 is 0 Å². The third kappa shape index (κ3) is 4.08. The van der Waals surface area contributed by atoms with Crippen molar-refractivity contribution in [2.45, 2.75) is 32.3 Å². The van der Waals surface area contributed by atoms with E-state index in [0.29, 0.717) is 0 Å². The molecule has 0 radical (unpaired) electrons. The number of rotatable bonds is 3. The number of hydrogen-bond acceptors (Lipinski definition) is 4. The molecule has 2 aliphatic heterocycles. The number of nitrogens with zero attached hydrogens (tertiary/aromatic N) is 3. The SMILES string of the molecule is CCN1CCCN(C(=O)c2ccc(N3CCC(O)CC3)cc2)CC1. The normalized spacial score (nSPS) is 20.9. The summed E-state index contributed by atoms with van der Waals surface area (Å²) < 4.78 is 0. The Morgan fingerprint density at radius 1 is 1.04 bits per heavy atom. The topological polar surface area (TPSA) is 47.0 Å². The third-order valence-corrected chi connectivity index (χ3v) is 5.27. The van der Waals surface area contributed by atoms with E-state index in [2.05, 4.69) is 16.7 Å². The van der Waals surface area contributed by atoms with E-state index in [0.717, 1.165) is 76.3 Å². The molecule has 0 atom stereocenters. The Hall–Kier alpha value is -1.59. The molecule has 1 N–H and O–H groups in total. The number of piperidine rings is 1. The lowest BCUT2D eigenvalue weighted by Gasteiger charge is -2.31. The zero-order valence-corrected chi connectivity index (χ0v) is 14.7. The Bertz CT molecular complexity index is 538. The number of anilines is 1. The molecule has 0 spiro atoms. The second kappa shape index (κ2) is 7.99. The second-order valence-corrected chi connectivity index (χ2v) is 6.85. The van der Waals surface area contributed by atoms with Gasteiger partial charge in [-0.15, -0.1) is 0 Å². The summed E-state index contributed by atoms with van der Waals surface area (Å²) in [4.78, 5) is 19.4. The summed E-state index contributed by atoms with van der Waals surface area (Å²) in [5, 5.41) is 9.61. The highest BCUT2D eigenvalue weighted by molar-refractivity contribution is 5.94. The number of benzene rings is 1. The van der Waals surface area contributed by atoms with Crippen LogP contribution in [0.1, 0.15) is 36.5 Å². The van der Waals surface area contributed by atoms with Crippen molar-refractivity contribution >= 4 is 11.6 Å². The second-order valence-electron chi connectivity index (χ2n) is 6.85. The van der Waals surface area contributed by atoms with Gasteiger partial charge in [-0.2, -0.15) is 0 Å². The summed E-state index contributed by atoms with van der Waals surface area (Å²) in [6.45, 7) is 8.72. The molecule has 0 aliphatic carbocycles. The quantitative estimate of drug-likeness (QED) is 0.918. The van der Waals surface area contributed by atoms with Crippen molar-refractivity contribution in [3.8, 4) is 0 Å². The molecule has 1 amide bonds. The molecule has 2 saturated heterocycles. The monoisotopic (exact) mass is 331 g/mol. The van der Waals surface area contributed by atoms with Gasteiger partial charge in [-0.3, -0.25) is 4.79 Å². The maximum absolute atomic E-state index is 12.7. The van der Waals surface area contributed by atoms with Gasteiger partial charge in [0.1, 0.15) is 0 Å². The highest BCUT2D eigenvalue weighted by Gasteiger charge is 2.21. The molecular weight excluding hydrogens is 302 g/mol. The molecule has 1 aromatic rings. The Balaban J connectivity index is 1.61. The number of carbonyl (C=O) groups is 1. The molecule has 5 nitrogen and oxygen atoms in total. The van der Waals surface area contributed by atoms with E-state index in [1.54, 1.807) is 0 Å². The first-order chi connectivity index (χ1) is 11.7. The van der Waals surface area contributed by atoms with E-state index in [1.165, 1.54) is 0 Å². The molecule has 3 rings (SSSR count). The number of carbonyl (C=O) groups excluding carboxylic acids is 1. The summed E-state index contributed by atoms with van der Waals surface area (Å²) in [5.41, 5.74) is 1.92. The zero-order valence-electron chi connectivity index (χ0n) is 14.7. The van der Waals surface area contributed by atoms with Crippen molar-refractivity contribution in [1.29, 1.82) is 0 Å². The third-order valence-electron chi connectivity index (χ3n) is 5.27. The molecular formula is C19H29N3O2. The van der Waals surface area contributed by atoms with Gasteiger partial charge in [-0.05, 0) is 56.6 Å². The van der Waals surface area contributed by atoms with E-state index in [4.69, 9.17) is 0 Å². The Morgan fingerprint density at radius 3 is 2.42 bits per heavy atom. The maximum atomic E-state index is 12.7. The standard InChI is InChI=1S/C19H29N3O2/c1-2-20-10-3-11-22(15-14-20)19(24)16-4-6-17(7-5-16)21-12-8-18(23)9-13-21/h4-7,18,23H,2-3,8-15H2,1H3. The average Bonchev–Trinajstić information content (AvgIpc) is 2.87. The molecule has 0 aromatic heterocycles. The van der Waals surface area contributed by atoms with Gasteiger partial charge in [0.2, 0.25) is 0 Å². The minimum atomic E-state index is -0.159. The number of aliphatic hydroxyl groups excluding tert-OH is 1. The smallest absolute Gasteiger partial charge is 0.253 e. The molecule has 132 valence electrons. The highest BCUT2D eigenvalue weighted by atomic mass is 16.3. The molecule has 0 saturated carbocycles. The first-order valence-corrected chi connectivity index (χ1v) is 9.22. The van der Waals surface area contributed by atoms with Crippen LogP contribution in [-0.2, 0) is 0 Å². The molecule has 1 aromatic carbocycles. The van der Waals surface area contributed by atoms with Crippen LogP contribution < -0.4 is 4.90 Å². The minimum Gasteiger partial charge on any atom is -0.393 e. The lowest BCUT2D eigenvalue weighted by molar-refractivity contribution is 0.0762. The van der Waals surface area contributed by atoms with Gasteiger partial charge in [0.25, 0.3) is 5.91 Å². The fourth-order valence-electron chi connectivity index (χ4n) is 3.61. The average molecular weight is 331 g/mol. The molecule has 2 heterocycles. The molecule has 0 bridgehead atoms. The van der Waals surface area contributed by atoms with Gasteiger partial charge in [-0.1, -0.05) is 6.92 Å².